The first-order valence-corrected chi connectivity index (χ1v) is 5.21. The summed E-state index contributed by atoms with van der Waals surface area (Å²) in [5, 5.41) is 2.78. The monoisotopic (exact) mass is 221 g/mol. The zero-order valence-electron chi connectivity index (χ0n) is 8.24. The van der Waals surface area contributed by atoms with Gasteiger partial charge >= 0.3 is 0 Å². The van der Waals surface area contributed by atoms with E-state index in [2.05, 4.69) is 0 Å². The van der Waals surface area contributed by atoms with Crippen molar-refractivity contribution in [3.8, 4) is 5.75 Å². The molecular formula is C12H12ClNO. The van der Waals surface area contributed by atoms with E-state index in [0.717, 1.165) is 10.8 Å². The van der Waals surface area contributed by atoms with Crippen molar-refractivity contribution in [3.05, 3.63) is 41.4 Å². The topological polar surface area (TPSA) is 35.2 Å². The van der Waals surface area contributed by atoms with Gasteiger partial charge in [0.25, 0.3) is 0 Å². The first-order valence-electron chi connectivity index (χ1n) is 4.83. The van der Waals surface area contributed by atoms with Crippen LogP contribution in [0.4, 0.5) is 0 Å². The average Bonchev–Trinajstić information content (AvgIpc) is 2.29. The summed E-state index contributed by atoms with van der Waals surface area (Å²) >= 11 is 6.21. The van der Waals surface area contributed by atoms with Crippen molar-refractivity contribution in [1.82, 2.24) is 0 Å². The Balaban J connectivity index is 2.45. The maximum Gasteiger partial charge on any atom is 0.138 e. The maximum atomic E-state index is 6.21. The number of rotatable bonds is 3. The van der Waals surface area contributed by atoms with Gasteiger partial charge in [-0.15, -0.1) is 0 Å². The van der Waals surface area contributed by atoms with Crippen LogP contribution in [0.3, 0.4) is 0 Å². The Morgan fingerprint density at radius 1 is 1.13 bits per heavy atom. The van der Waals surface area contributed by atoms with Gasteiger partial charge in [0.15, 0.2) is 0 Å². The number of ether oxygens (including phenoxy) is 1. The van der Waals surface area contributed by atoms with Gasteiger partial charge in [-0.25, -0.2) is 0 Å². The van der Waals surface area contributed by atoms with Crippen LogP contribution in [0.2, 0.25) is 5.02 Å². The van der Waals surface area contributed by atoms with E-state index in [1.54, 1.807) is 0 Å². The van der Waals surface area contributed by atoms with Crippen molar-refractivity contribution in [2.75, 3.05) is 13.2 Å². The van der Waals surface area contributed by atoms with Gasteiger partial charge in [0.2, 0.25) is 0 Å². The van der Waals surface area contributed by atoms with Gasteiger partial charge in [0, 0.05) is 11.9 Å². The second-order valence-corrected chi connectivity index (χ2v) is 3.61. The molecule has 0 amide bonds. The Labute approximate surface area is 93.6 Å². The molecule has 3 heteroatoms. The predicted molar refractivity (Wildman–Crippen MR) is 63.5 cm³/mol. The molecule has 0 heterocycles. The molecule has 0 bridgehead atoms. The largest absolute Gasteiger partial charge is 0.491 e. The van der Waals surface area contributed by atoms with Crippen LogP contribution in [0.15, 0.2) is 36.4 Å². The Kier molecular flexibility index (Phi) is 3.09. The molecule has 0 unspecified atom stereocenters. The summed E-state index contributed by atoms with van der Waals surface area (Å²) in [6.45, 7) is 0.973. The molecule has 0 saturated carbocycles. The highest BCUT2D eigenvalue weighted by molar-refractivity contribution is 6.37. The molecule has 0 aliphatic rings. The molecule has 0 radical (unpaired) electrons. The molecule has 2 aromatic rings. The summed E-state index contributed by atoms with van der Waals surface area (Å²) in [7, 11) is 0. The highest BCUT2D eigenvalue weighted by atomic mass is 35.5. The van der Waals surface area contributed by atoms with E-state index in [-0.39, 0.29) is 0 Å². The van der Waals surface area contributed by atoms with Crippen LogP contribution in [0.25, 0.3) is 10.8 Å². The van der Waals surface area contributed by atoms with E-state index in [0.29, 0.717) is 23.9 Å². The van der Waals surface area contributed by atoms with Crippen LogP contribution in [-0.2, 0) is 0 Å². The number of halogens is 1. The molecule has 2 aromatic carbocycles. The zero-order valence-corrected chi connectivity index (χ0v) is 9.00. The fourth-order valence-corrected chi connectivity index (χ4v) is 1.78. The summed E-state index contributed by atoms with van der Waals surface area (Å²) < 4.78 is 5.44. The summed E-state index contributed by atoms with van der Waals surface area (Å²) in [5.74, 6) is 0.695. The third-order valence-corrected chi connectivity index (χ3v) is 2.59. The smallest absolute Gasteiger partial charge is 0.138 e. The lowest BCUT2D eigenvalue weighted by atomic mass is 10.1. The van der Waals surface area contributed by atoms with Crippen molar-refractivity contribution >= 4 is 22.4 Å². The predicted octanol–water partition coefficient (Wildman–Crippen LogP) is 2.83. The highest BCUT2D eigenvalue weighted by Gasteiger charge is 2.05. The normalized spacial score (nSPS) is 10.5. The molecule has 0 aromatic heterocycles. The summed E-state index contributed by atoms with van der Waals surface area (Å²) in [6.07, 6.45) is 0. The van der Waals surface area contributed by atoms with Crippen molar-refractivity contribution < 1.29 is 4.74 Å². The highest BCUT2D eigenvalue weighted by Crippen LogP contribution is 2.32. The Morgan fingerprint density at radius 3 is 2.73 bits per heavy atom. The molecule has 0 aliphatic heterocycles. The Morgan fingerprint density at radius 2 is 1.93 bits per heavy atom. The molecule has 2 rings (SSSR count). The van der Waals surface area contributed by atoms with E-state index in [1.165, 1.54) is 0 Å². The summed E-state index contributed by atoms with van der Waals surface area (Å²) in [4.78, 5) is 0. The van der Waals surface area contributed by atoms with Crippen molar-refractivity contribution in [2.45, 2.75) is 0 Å². The number of benzene rings is 2. The SMILES string of the molecule is NCCOc1ccc2ccccc2c1Cl. The van der Waals surface area contributed by atoms with Gasteiger partial charge < -0.3 is 10.5 Å². The minimum absolute atomic E-state index is 0.484. The molecule has 0 saturated heterocycles. The van der Waals surface area contributed by atoms with E-state index >= 15 is 0 Å². The molecule has 2 nitrogen and oxygen atoms in total. The summed E-state index contributed by atoms with van der Waals surface area (Å²) in [5.41, 5.74) is 5.37. The fraction of sp³-hybridized carbons (Fsp3) is 0.167. The van der Waals surface area contributed by atoms with Crippen LogP contribution in [0, 0.1) is 0 Å². The second kappa shape index (κ2) is 4.51. The van der Waals surface area contributed by atoms with Crippen LogP contribution < -0.4 is 10.5 Å². The van der Waals surface area contributed by atoms with E-state index < -0.39 is 0 Å². The minimum Gasteiger partial charge on any atom is -0.491 e. The molecule has 78 valence electrons. The van der Waals surface area contributed by atoms with Gasteiger partial charge in [-0.05, 0) is 11.5 Å². The number of hydrogen-bond donors (Lipinski definition) is 1. The average molecular weight is 222 g/mol. The van der Waals surface area contributed by atoms with Crippen molar-refractivity contribution in [1.29, 1.82) is 0 Å². The van der Waals surface area contributed by atoms with Gasteiger partial charge in [0.05, 0.1) is 5.02 Å². The first kappa shape index (κ1) is 10.3. The van der Waals surface area contributed by atoms with E-state index in [1.807, 2.05) is 36.4 Å². The quantitative estimate of drug-likeness (QED) is 0.865. The lowest BCUT2D eigenvalue weighted by Crippen LogP contribution is -2.10. The van der Waals surface area contributed by atoms with Gasteiger partial charge in [-0.1, -0.05) is 41.9 Å². The van der Waals surface area contributed by atoms with Crippen LogP contribution in [0.1, 0.15) is 0 Å². The van der Waals surface area contributed by atoms with Gasteiger partial charge in [0.1, 0.15) is 12.4 Å². The van der Waals surface area contributed by atoms with Gasteiger partial charge in [-0.2, -0.15) is 0 Å². The van der Waals surface area contributed by atoms with Crippen LogP contribution >= 0.6 is 11.6 Å². The Bertz CT molecular complexity index is 470. The molecule has 0 atom stereocenters. The molecule has 0 spiro atoms. The van der Waals surface area contributed by atoms with Crippen LogP contribution in [0.5, 0.6) is 5.75 Å². The van der Waals surface area contributed by atoms with Crippen molar-refractivity contribution in [3.63, 3.8) is 0 Å². The summed E-state index contributed by atoms with van der Waals surface area (Å²) in [6, 6.07) is 11.8. The Hall–Kier alpha value is -1.25. The third kappa shape index (κ3) is 2.06. The molecule has 0 aliphatic carbocycles. The number of fused-ring (bicyclic) bond motifs is 1. The molecule has 2 N–H and O–H groups in total. The fourth-order valence-electron chi connectivity index (χ4n) is 1.49. The zero-order chi connectivity index (χ0) is 10.7. The number of hydrogen-bond acceptors (Lipinski definition) is 2. The lowest BCUT2D eigenvalue weighted by molar-refractivity contribution is 0.329. The first-order chi connectivity index (χ1) is 7.33. The van der Waals surface area contributed by atoms with E-state index in [9.17, 15) is 0 Å². The third-order valence-electron chi connectivity index (χ3n) is 2.20. The van der Waals surface area contributed by atoms with Gasteiger partial charge in [-0.3, -0.25) is 0 Å². The molecular weight excluding hydrogens is 210 g/mol. The van der Waals surface area contributed by atoms with Crippen molar-refractivity contribution in [2.24, 2.45) is 5.73 Å². The number of nitrogens with two attached hydrogens (primary N) is 1. The molecule has 15 heavy (non-hydrogen) atoms. The van der Waals surface area contributed by atoms with Crippen LogP contribution in [-0.4, -0.2) is 13.2 Å². The maximum absolute atomic E-state index is 6.21. The second-order valence-electron chi connectivity index (χ2n) is 3.24. The van der Waals surface area contributed by atoms with E-state index in [4.69, 9.17) is 22.1 Å². The molecule has 0 fully saturated rings. The standard InChI is InChI=1S/C12H12ClNO/c13-12-10-4-2-1-3-9(10)5-6-11(12)15-8-7-14/h1-6H,7-8,14H2. The lowest BCUT2D eigenvalue weighted by Gasteiger charge is -2.08. The minimum atomic E-state index is 0.484.